The minimum absolute atomic E-state index is 0.0576. The number of nitro groups is 1. The average molecular weight is 300 g/mol. The highest BCUT2D eigenvalue weighted by Crippen LogP contribution is 2.34. The number of nitrogens with zero attached hydrogens (tertiary/aromatic N) is 3. The van der Waals surface area contributed by atoms with Crippen molar-refractivity contribution in [1.82, 2.24) is 0 Å². The van der Waals surface area contributed by atoms with Gasteiger partial charge < -0.3 is 4.74 Å². The summed E-state index contributed by atoms with van der Waals surface area (Å²) in [6.07, 6.45) is 0. The molecule has 0 aliphatic rings. The van der Waals surface area contributed by atoms with Gasteiger partial charge in [0.25, 0.3) is 0 Å². The molecule has 21 heavy (non-hydrogen) atoms. The zero-order valence-electron chi connectivity index (χ0n) is 10.4. The molecule has 0 fully saturated rings. The average Bonchev–Trinajstić information content (AvgIpc) is 2.49. The van der Waals surface area contributed by atoms with Gasteiger partial charge in [-0.15, -0.1) is 0 Å². The van der Waals surface area contributed by atoms with E-state index in [1.807, 2.05) is 12.1 Å². The van der Waals surface area contributed by atoms with Crippen LogP contribution in [0.5, 0.6) is 11.5 Å². The van der Waals surface area contributed by atoms with E-state index in [9.17, 15) is 10.1 Å². The lowest BCUT2D eigenvalue weighted by atomic mass is 10.2. The molecule has 2 aromatic rings. The molecule has 0 aromatic heterocycles. The van der Waals surface area contributed by atoms with Crippen LogP contribution in [0.25, 0.3) is 0 Å². The van der Waals surface area contributed by atoms with Crippen molar-refractivity contribution in [3.8, 4) is 23.6 Å². The van der Waals surface area contributed by atoms with Gasteiger partial charge in [-0.25, -0.2) is 0 Å². The molecule has 6 nitrogen and oxygen atoms in total. The summed E-state index contributed by atoms with van der Waals surface area (Å²) >= 11 is 5.77. The molecule has 102 valence electrons. The second kappa shape index (κ2) is 5.91. The molecule has 0 unspecified atom stereocenters. The number of hydrogen-bond acceptors (Lipinski definition) is 5. The third-order valence-corrected chi connectivity index (χ3v) is 2.80. The molecule has 7 heteroatoms. The van der Waals surface area contributed by atoms with E-state index in [2.05, 4.69) is 0 Å². The highest BCUT2D eigenvalue weighted by atomic mass is 35.5. The molecule has 0 aliphatic carbocycles. The largest absolute Gasteiger partial charge is 0.449 e. The summed E-state index contributed by atoms with van der Waals surface area (Å²) in [5, 5.41) is 29.2. The maximum absolute atomic E-state index is 11.0. The number of benzene rings is 2. The summed E-state index contributed by atoms with van der Waals surface area (Å²) < 4.78 is 5.42. The van der Waals surface area contributed by atoms with E-state index in [1.54, 1.807) is 0 Å². The van der Waals surface area contributed by atoms with Crippen molar-refractivity contribution >= 4 is 17.3 Å². The maximum Gasteiger partial charge on any atom is 0.312 e. The van der Waals surface area contributed by atoms with Gasteiger partial charge in [0.1, 0.15) is 11.8 Å². The molecular formula is C14H6ClN3O3. The maximum atomic E-state index is 11.0. The molecule has 0 amide bonds. The molecule has 0 N–H and O–H groups in total. The first kappa shape index (κ1) is 14.3. The second-order valence-electron chi connectivity index (χ2n) is 3.91. The molecule has 0 bridgehead atoms. The fourth-order valence-corrected chi connectivity index (χ4v) is 1.79. The number of nitro benzene ring substituents is 1. The van der Waals surface area contributed by atoms with Crippen LogP contribution in [0.1, 0.15) is 11.1 Å². The lowest BCUT2D eigenvalue weighted by Gasteiger charge is -2.08. The van der Waals surface area contributed by atoms with Crippen molar-refractivity contribution in [2.24, 2.45) is 0 Å². The molecule has 0 atom stereocenters. The quantitative estimate of drug-likeness (QED) is 0.634. The van der Waals surface area contributed by atoms with Gasteiger partial charge in [0.2, 0.25) is 5.75 Å². The minimum Gasteiger partial charge on any atom is -0.449 e. The van der Waals surface area contributed by atoms with Gasteiger partial charge in [0.15, 0.2) is 0 Å². The van der Waals surface area contributed by atoms with Crippen LogP contribution in [0.15, 0.2) is 36.4 Å². The zero-order valence-corrected chi connectivity index (χ0v) is 11.2. The monoisotopic (exact) mass is 299 g/mol. The highest BCUT2D eigenvalue weighted by molar-refractivity contribution is 6.30. The Morgan fingerprint density at radius 2 is 1.81 bits per heavy atom. The summed E-state index contributed by atoms with van der Waals surface area (Å²) in [5.41, 5.74) is -0.0558. The van der Waals surface area contributed by atoms with Crippen molar-refractivity contribution < 1.29 is 9.66 Å². The number of rotatable bonds is 3. The predicted octanol–water partition coefficient (Wildman–Crippen LogP) is 3.78. The van der Waals surface area contributed by atoms with Gasteiger partial charge in [-0.3, -0.25) is 10.1 Å². The van der Waals surface area contributed by atoms with Crippen LogP contribution in [-0.2, 0) is 0 Å². The summed E-state index contributed by atoms with van der Waals surface area (Å²) in [6, 6.07) is 11.9. The summed E-state index contributed by atoms with van der Waals surface area (Å²) in [4.78, 5) is 10.4. The van der Waals surface area contributed by atoms with Crippen LogP contribution in [0, 0.1) is 32.8 Å². The molecule has 0 spiro atoms. The van der Waals surface area contributed by atoms with Crippen LogP contribution >= 0.6 is 11.6 Å². The van der Waals surface area contributed by atoms with E-state index >= 15 is 0 Å². The third-order valence-electron chi connectivity index (χ3n) is 2.57. The molecule has 0 saturated heterocycles. The minimum atomic E-state index is -0.655. The Balaban J connectivity index is 2.48. The summed E-state index contributed by atoms with van der Waals surface area (Å²) in [5.74, 6) is 0.0903. The van der Waals surface area contributed by atoms with Gasteiger partial charge in [0.05, 0.1) is 22.1 Å². The molecule has 2 rings (SSSR count). The standard InChI is InChI=1S/C14H6ClN3O3/c15-11-2-4-13(10(6-11)8-17)21-14-3-1-9(7-16)5-12(14)18(19)20/h1-6H. The molecule has 0 aliphatic heterocycles. The first-order valence-electron chi connectivity index (χ1n) is 5.61. The van der Waals surface area contributed by atoms with E-state index in [0.717, 1.165) is 6.07 Å². The van der Waals surface area contributed by atoms with E-state index in [1.165, 1.54) is 30.3 Å². The molecule has 0 saturated carbocycles. The molecular weight excluding hydrogens is 294 g/mol. The summed E-state index contributed by atoms with van der Waals surface area (Å²) in [7, 11) is 0. The number of ether oxygens (including phenoxy) is 1. The van der Waals surface area contributed by atoms with Crippen LogP contribution in [-0.4, -0.2) is 4.92 Å². The fourth-order valence-electron chi connectivity index (χ4n) is 1.61. The van der Waals surface area contributed by atoms with E-state index in [-0.39, 0.29) is 28.3 Å². The Hall–Kier alpha value is -3.09. The Labute approximate surface area is 124 Å². The van der Waals surface area contributed by atoms with E-state index in [4.69, 9.17) is 26.9 Å². The third kappa shape index (κ3) is 3.08. The van der Waals surface area contributed by atoms with Crippen LogP contribution in [0.3, 0.4) is 0 Å². The number of hydrogen-bond donors (Lipinski definition) is 0. The number of halogens is 1. The van der Waals surface area contributed by atoms with Crippen LogP contribution in [0.4, 0.5) is 5.69 Å². The Kier molecular flexibility index (Phi) is 4.03. The van der Waals surface area contributed by atoms with Crippen molar-refractivity contribution in [2.45, 2.75) is 0 Å². The highest BCUT2D eigenvalue weighted by Gasteiger charge is 2.18. The van der Waals surface area contributed by atoms with Crippen LogP contribution in [0.2, 0.25) is 5.02 Å². The van der Waals surface area contributed by atoms with Crippen LogP contribution < -0.4 is 4.74 Å². The van der Waals surface area contributed by atoms with Crippen molar-refractivity contribution in [1.29, 1.82) is 10.5 Å². The van der Waals surface area contributed by atoms with Crippen molar-refractivity contribution in [2.75, 3.05) is 0 Å². The lowest BCUT2D eigenvalue weighted by Crippen LogP contribution is -1.95. The lowest BCUT2D eigenvalue weighted by molar-refractivity contribution is -0.385. The Morgan fingerprint density at radius 3 is 2.43 bits per heavy atom. The molecule has 0 radical (unpaired) electrons. The molecule has 0 heterocycles. The SMILES string of the molecule is N#Cc1ccc(Oc2ccc(Cl)cc2C#N)c([N+](=O)[O-])c1. The van der Waals surface area contributed by atoms with E-state index < -0.39 is 4.92 Å². The topological polar surface area (TPSA) is 99.9 Å². The zero-order chi connectivity index (χ0) is 15.4. The smallest absolute Gasteiger partial charge is 0.312 e. The van der Waals surface area contributed by atoms with Gasteiger partial charge in [-0.05, 0) is 30.3 Å². The van der Waals surface area contributed by atoms with Gasteiger partial charge in [-0.2, -0.15) is 10.5 Å². The van der Waals surface area contributed by atoms with Gasteiger partial charge in [0, 0.05) is 11.1 Å². The Morgan fingerprint density at radius 1 is 1.10 bits per heavy atom. The number of nitriles is 2. The van der Waals surface area contributed by atoms with Gasteiger partial charge >= 0.3 is 5.69 Å². The molecule has 2 aromatic carbocycles. The van der Waals surface area contributed by atoms with Crippen molar-refractivity contribution in [3.63, 3.8) is 0 Å². The fraction of sp³-hybridized carbons (Fsp3) is 0. The first-order chi connectivity index (χ1) is 10.0. The van der Waals surface area contributed by atoms with E-state index in [0.29, 0.717) is 5.02 Å². The van der Waals surface area contributed by atoms with Crippen molar-refractivity contribution in [3.05, 3.63) is 62.7 Å². The predicted molar refractivity (Wildman–Crippen MR) is 74.1 cm³/mol. The van der Waals surface area contributed by atoms with Gasteiger partial charge in [-0.1, -0.05) is 11.6 Å². The normalized spacial score (nSPS) is 9.48. The Bertz CT molecular complexity index is 806. The second-order valence-corrected chi connectivity index (χ2v) is 4.34. The first-order valence-corrected chi connectivity index (χ1v) is 5.99. The summed E-state index contributed by atoms with van der Waals surface area (Å²) in [6.45, 7) is 0.